The van der Waals surface area contributed by atoms with Gasteiger partial charge in [0.2, 0.25) is 5.75 Å². The number of nitriles is 1. The summed E-state index contributed by atoms with van der Waals surface area (Å²) in [7, 11) is 1.42. The van der Waals surface area contributed by atoms with Crippen LogP contribution in [0.15, 0.2) is 40.9 Å². The Hall–Kier alpha value is -2.59. The highest BCUT2D eigenvalue weighted by Crippen LogP contribution is 2.36. The highest BCUT2D eigenvalue weighted by molar-refractivity contribution is 9.10. The molecule has 0 N–H and O–H groups in total. The van der Waals surface area contributed by atoms with Crippen molar-refractivity contribution in [1.82, 2.24) is 0 Å². The van der Waals surface area contributed by atoms with Crippen LogP contribution in [-0.2, 0) is 0 Å². The summed E-state index contributed by atoms with van der Waals surface area (Å²) in [6.07, 6.45) is 0. The van der Waals surface area contributed by atoms with Gasteiger partial charge < -0.3 is 9.47 Å². The number of rotatable bonds is 4. The highest BCUT2D eigenvalue weighted by atomic mass is 79.9. The van der Waals surface area contributed by atoms with Crippen molar-refractivity contribution in [3.8, 4) is 23.3 Å². The number of nitro benzene ring substituents is 1. The van der Waals surface area contributed by atoms with Gasteiger partial charge in [-0.25, -0.2) is 0 Å². The van der Waals surface area contributed by atoms with Gasteiger partial charge in [-0.05, 0) is 30.3 Å². The molecule has 0 fully saturated rings. The fourth-order valence-electron chi connectivity index (χ4n) is 1.65. The molecule has 0 aliphatic heterocycles. The monoisotopic (exact) mass is 348 g/mol. The van der Waals surface area contributed by atoms with Crippen LogP contribution in [0.4, 0.5) is 5.69 Å². The molecule has 0 bridgehead atoms. The Kier molecular flexibility index (Phi) is 4.40. The summed E-state index contributed by atoms with van der Waals surface area (Å²) in [5, 5.41) is 20.2. The first-order valence-corrected chi connectivity index (χ1v) is 6.54. The van der Waals surface area contributed by atoms with E-state index in [2.05, 4.69) is 15.9 Å². The molecule has 0 saturated heterocycles. The topological polar surface area (TPSA) is 85.4 Å². The van der Waals surface area contributed by atoms with Gasteiger partial charge in [-0.1, -0.05) is 15.9 Å². The lowest BCUT2D eigenvalue weighted by Crippen LogP contribution is -1.96. The Balaban J connectivity index is 2.45. The Bertz CT molecular complexity index is 740. The minimum atomic E-state index is -0.567. The van der Waals surface area contributed by atoms with E-state index in [1.54, 1.807) is 24.3 Å². The van der Waals surface area contributed by atoms with E-state index in [1.807, 2.05) is 6.07 Å². The van der Waals surface area contributed by atoms with Gasteiger partial charge in [-0.2, -0.15) is 5.26 Å². The van der Waals surface area contributed by atoms with E-state index in [9.17, 15) is 10.1 Å². The maximum absolute atomic E-state index is 11.1. The van der Waals surface area contributed by atoms with Crippen molar-refractivity contribution in [3.05, 3.63) is 56.5 Å². The predicted molar refractivity (Wildman–Crippen MR) is 78.6 cm³/mol. The van der Waals surface area contributed by atoms with E-state index in [0.717, 1.165) is 4.47 Å². The first kappa shape index (κ1) is 14.8. The first-order valence-electron chi connectivity index (χ1n) is 5.75. The van der Waals surface area contributed by atoms with Gasteiger partial charge in [-0.15, -0.1) is 0 Å². The molecule has 0 spiro atoms. The quantitative estimate of drug-likeness (QED) is 0.614. The molecule has 0 amide bonds. The molecule has 2 aromatic rings. The van der Waals surface area contributed by atoms with Crippen molar-refractivity contribution >= 4 is 21.6 Å². The van der Waals surface area contributed by atoms with Crippen LogP contribution < -0.4 is 9.47 Å². The molecule has 2 aromatic carbocycles. The van der Waals surface area contributed by atoms with E-state index in [4.69, 9.17) is 14.7 Å². The molecule has 0 heterocycles. The first-order chi connectivity index (χ1) is 10.0. The van der Waals surface area contributed by atoms with Crippen molar-refractivity contribution in [1.29, 1.82) is 5.26 Å². The second-order valence-electron chi connectivity index (χ2n) is 3.95. The van der Waals surface area contributed by atoms with Gasteiger partial charge in [0, 0.05) is 4.47 Å². The molecule has 0 aromatic heterocycles. The molecule has 2 rings (SSSR count). The van der Waals surface area contributed by atoms with Crippen molar-refractivity contribution < 1.29 is 14.4 Å². The Morgan fingerprint density at radius 1 is 1.24 bits per heavy atom. The average molecular weight is 349 g/mol. The van der Waals surface area contributed by atoms with Crippen LogP contribution in [0, 0.1) is 21.4 Å². The third-order valence-electron chi connectivity index (χ3n) is 2.64. The number of hydrogen-bond acceptors (Lipinski definition) is 5. The van der Waals surface area contributed by atoms with Crippen LogP contribution in [0.1, 0.15) is 5.56 Å². The number of ether oxygens (including phenoxy) is 2. The van der Waals surface area contributed by atoms with E-state index in [-0.39, 0.29) is 22.7 Å². The maximum Gasteiger partial charge on any atom is 0.315 e. The smallest absolute Gasteiger partial charge is 0.315 e. The van der Waals surface area contributed by atoms with Gasteiger partial charge in [0.05, 0.1) is 23.7 Å². The molecule has 21 heavy (non-hydrogen) atoms. The third kappa shape index (κ3) is 3.30. The van der Waals surface area contributed by atoms with E-state index in [1.165, 1.54) is 19.2 Å². The fourth-order valence-corrected chi connectivity index (χ4v) is 2.01. The van der Waals surface area contributed by atoms with Gasteiger partial charge in [-0.3, -0.25) is 10.1 Å². The number of nitrogens with zero attached hydrogens (tertiary/aromatic N) is 2. The minimum absolute atomic E-state index is 0.0413. The van der Waals surface area contributed by atoms with Gasteiger partial charge >= 0.3 is 5.69 Å². The number of halogens is 1. The summed E-state index contributed by atoms with van der Waals surface area (Å²) in [4.78, 5) is 10.5. The largest absolute Gasteiger partial charge is 0.496 e. The second-order valence-corrected chi connectivity index (χ2v) is 4.86. The van der Waals surface area contributed by atoms with Crippen LogP contribution in [-0.4, -0.2) is 12.0 Å². The van der Waals surface area contributed by atoms with Crippen LogP contribution >= 0.6 is 15.9 Å². The second kappa shape index (κ2) is 6.24. The zero-order valence-electron chi connectivity index (χ0n) is 10.9. The molecule has 6 nitrogen and oxygen atoms in total. The van der Waals surface area contributed by atoms with Gasteiger partial charge in [0.1, 0.15) is 17.6 Å². The number of methoxy groups -OCH3 is 1. The fraction of sp³-hybridized carbons (Fsp3) is 0.0714. The predicted octanol–water partition coefficient (Wildman–Crippen LogP) is 4.03. The standard InChI is InChI=1S/C14H9BrN2O4/c1-20-11-3-5-14(12(7-11)17(18)19)21-13-4-2-10(15)6-9(13)8-16/h2-7H,1H3. The lowest BCUT2D eigenvalue weighted by atomic mass is 10.2. The van der Waals surface area contributed by atoms with Gasteiger partial charge in [0.25, 0.3) is 0 Å². The lowest BCUT2D eigenvalue weighted by molar-refractivity contribution is -0.385. The summed E-state index contributed by atoms with van der Waals surface area (Å²) in [5.41, 5.74) is 0.0376. The molecule has 0 aliphatic carbocycles. The summed E-state index contributed by atoms with van der Waals surface area (Å²) >= 11 is 3.25. The summed E-state index contributed by atoms with van der Waals surface area (Å²) in [6, 6.07) is 11.0. The van der Waals surface area contributed by atoms with E-state index in [0.29, 0.717) is 5.75 Å². The number of benzene rings is 2. The van der Waals surface area contributed by atoms with Crippen molar-refractivity contribution in [2.45, 2.75) is 0 Å². The third-order valence-corrected chi connectivity index (χ3v) is 3.14. The van der Waals surface area contributed by atoms with Crippen molar-refractivity contribution in [3.63, 3.8) is 0 Å². The summed E-state index contributed by atoms with van der Waals surface area (Å²) in [6.45, 7) is 0. The van der Waals surface area contributed by atoms with E-state index < -0.39 is 4.92 Å². The number of hydrogen-bond donors (Lipinski definition) is 0. The average Bonchev–Trinajstić information content (AvgIpc) is 2.49. The lowest BCUT2D eigenvalue weighted by Gasteiger charge is -2.09. The van der Waals surface area contributed by atoms with Crippen LogP contribution in [0.25, 0.3) is 0 Å². The molecule has 7 heteroatoms. The molecule has 106 valence electrons. The maximum atomic E-state index is 11.1. The van der Waals surface area contributed by atoms with Crippen molar-refractivity contribution in [2.24, 2.45) is 0 Å². The molecular formula is C14H9BrN2O4. The Morgan fingerprint density at radius 3 is 2.57 bits per heavy atom. The van der Waals surface area contributed by atoms with Crippen LogP contribution in [0.2, 0.25) is 0 Å². The van der Waals surface area contributed by atoms with Crippen LogP contribution in [0.5, 0.6) is 17.2 Å². The highest BCUT2D eigenvalue weighted by Gasteiger charge is 2.18. The van der Waals surface area contributed by atoms with Gasteiger partial charge in [0.15, 0.2) is 0 Å². The normalized spacial score (nSPS) is 9.76. The molecular weight excluding hydrogens is 340 g/mol. The molecule has 0 unspecified atom stereocenters. The SMILES string of the molecule is COc1ccc(Oc2ccc(Br)cc2C#N)c([N+](=O)[O-])c1. The molecule has 0 radical (unpaired) electrons. The zero-order valence-corrected chi connectivity index (χ0v) is 12.5. The zero-order chi connectivity index (χ0) is 15.4. The summed E-state index contributed by atoms with van der Waals surface area (Å²) in [5.74, 6) is 0.638. The molecule has 0 atom stereocenters. The molecule has 0 saturated carbocycles. The Labute approximate surface area is 128 Å². The van der Waals surface area contributed by atoms with Crippen LogP contribution in [0.3, 0.4) is 0 Å². The minimum Gasteiger partial charge on any atom is -0.496 e. The van der Waals surface area contributed by atoms with Crippen molar-refractivity contribution in [2.75, 3.05) is 7.11 Å². The number of nitro groups is 1. The Morgan fingerprint density at radius 2 is 1.95 bits per heavy atom. The van der Waals surface area contributed by atoms with E-state index >= 15 is 0 Å². The molecule has 0 aliphatic rings. The summed E-state index contributed by atoms with van der Waals surface area (Å²) < 4.78 is 11.2.